The van der Waals surface area contributed by atoms with Crippen LogP contribution in [0.4, 0.5) is 0 Å². The van der Waals surface area contributed by atoms with Gasteiger partial charge in [-0.25, -0.2) is 4.98 Å². The van der Waals surface area contributed by atoms with Crippen LogP contribution in [0.2, 0.25) is 0 Å². The minimum absolute atomic E-state index is 0.479. The lowest BCUT2D eigenvalue weighted by molar-refractivity contribution is 0.849. The molecule has 2 aromatic rings. The fourth-order valence-electron chi connectivity index (χ4n) is 1.71. The van der Waals surface area contributed by atoms with Crippen molar-refractivity contribution in [3.63, 3.8) is 0 Å². The van der Waals surface area contributed by atoms with Gasteiger partial charge in [0.05, 0.1) is 5.69 Å². The largest absolute Gasteiger partial charge is 0.241 e. The normalized spacial score (nSPS) is 11.5. The van der Waals surface area contributed by atoms with Crippen LogP contribution in [0, 0.1) is 13.8 Å². The molecule has 2 aromatic heterocycles. The second kappa shape index (κ2) is 3.31. The van der Waals surface area contributed by atoms with Crippen molar-refractivity contribution in [2.75, 3.05) is 0 Å². The summed E-state index contributed by atoms with van der Waals surface area (Å²) in [7, 11) is 0. The van der Waals surface area contributed by atoms with Crippen LogP contribution in [-0.2, 0) is 0 Å². The fourth-order valence-corrected chi connectivity index (χ4v) is 2.74. The van der Waals surface area contributed by atoms with Crippen molar-refractivity contribution in [1.29, 1.82) is 0 Å². The Morgan fingerprint density at radius 1 is 1.29 bits per heavy atom. The Labute approximate surface area is 88.2 Å². The van der Waals surface area contributed by atoms with E-state index in [9.17, 15) is 0 Å². The first kappa shape index (κ1) is 9.59. The molecule has 0 atom stereocenters. The smallest absolute Gasteiger partial charge is 0.144 e. The van der Waals surface area contributed by atoms with Gasteiger partial charge in [0.1, 0.15) is 4.83 Å². The van der Waals surface area contributed by atoms with Gasteiger partial charge in [0.25, 0.3) is 0 Å². The topological polar surface area (TPSA) is 25.8 Å². The highest BCUT2D eigenvalue weighted by atomic mass is 32.1. The van der Waals surface area contributed by atoms with Gasteiger partial charge >= 0.3 is 0 Å². The van der Waals surface area contributed by atoms with Crippen LogP contribution in [0.25, 0.3) is 10.2 Å². The highest BCUT2D eigenvalue weighted by Gasteiger charge is 2.12. The number of pyridine rings is 1. The fraction of sp³-hybridized carbons (Fsp3) is 0.455. The molecule has 14 heavy (non-hydrogen) atoms. The Morgan fingerprint density at radius 3 is 2.64 bits per heavy atom. The molecule has 0 aliphatic carbocycles. The van der Waals surface area contributed by atoms with Gasteiger partial charge in [0.2, 0.25) is 0 Å². The van der Waals surface area contributed by atoms with Gasteiger partial charge in [-0.15, -0.1) is 0 Å². The summed E-state index contributed by atoms with van der Waals surface area (Å²) in [6.07, 6.45) is 0. The molecule has 0 aliphatic heterocycles. The molecule has 0 fully saturated rings. The van der Waals surface area contributed by atoms with Crippen molar-refractivity contribution >= 4 is 21.7 Å². The van der Waals surface area contributed by atoms with Gasteiger partial charge in [-0.05, 0) is 42.9 Å². The maximum Gasteiger partial charge on any atom is 0.144 e. The first-order valence-electron chi connectivity index (χ1n) is 4.83. The molecule has 2 heterocycles. The summed E-state index contributed by atoms with van der Waals surface area (Å²) in [4.78, 5) is 5.57. The molecule has 0 unspecified atom stereocenters. The second-order valence-corrected chi connectivity index (χ2v) is 4.74. The van der Waals surface area contributed by atoms with Crippen LogP contribution in [0.1, 0.15) is 36.7 Å². The molecule has 0 N–H and O–H groups in total. The SMILES string of the molecule is Cc1cc(C)c2c(C(C)C)nsc2n1. The predicted molar refractivity (Wildman–Crippen MR) is 61.0 cm³/mol. The van der Waals surface area contributed by atoms with E-state index in [1.807, 2.05) is 6.92 Å². The van der Waals surface area contributed by atoms with E-state index >= 15 is 0 Å². The standard InChI is InChI=1S/C11H14N2S/c1-6(2)10-9-7(3)5-8(4)12-11(9)14-13-10/h5-6H,1-4H3. The maximum atomic E-state index is 4.50. The van der Waals surface area contributed by atoms with Crippen molar-refractivity contribution in [3.05, 3.63) is 23.0 Å². The molecule has 0 aromatic carbocycles. The molecule has 2 nitrogen and oxygen atoms in total. The van der Waals surface area contributed by atoms with Crippen molar-refractivity contribution in [1.82, 2.24) is 9.36 Å². The van der Waals surface area contributed by atoms with Crippen LogP contribution < -0.4 is 0 Å². The Morgan fingerprint density at radius 2 is 2.00 bits per heavy atom. The van der Waals surface area contributed by atoms with E-state index in [1.165, 1.54) is 28.2 Å². The van der Waals surface area contributed by atoms with E-state index in [2.05, 4.69) is 36.2 Å². The monoisotopic (exact) mass is 206 g/mol. The predicted octanol–water partition coefficient (Wildman–Crippen LogP) is 3.43. The summed E-state index contributed by atoms with van der Waals surface area (Å²) in [6, 6.07) is 2.13. The number of nitrogens with zero attached hydrogens (tertiary/aromatic N) is 2. The zero-order valence-corrected chi connectivity index (χ0v) is 9.77. The van der Waals surface area contributed by atoms with Gasteiger partial charge in [-0.2, -0.15) is 4.37 Å². The zero-order chi connectivity index (χ0) is 10.3. The summed E-state index contributed by atoms with van der Waals surface area (Å²) in [5, 5.41) is 1.26. The highest BCUT2D eigenvalue weighted by Crippen LogP contribution is 2.29. The molecule has 3 heteroatoms. The van der Waals surface area contributed by atoms with Gasteiger partial charge in [0.15, 0.2) is 0 Å². The average Bonchev–Trinajstić information content (AvgIpc) is 2.47. The highest BCUT2D eigenvalue weighted by molar-refractivity contribution is 7.13. The second-order valence-electron chi connectivity index (χ2n) is 3.98. The van der Waals surface area contributed by atoms with Crippen molar-refractivity contribution < 1.29 is 0 Å². The van der Waals surface area contributed by atoms with E-state index < -0.39 is 0 Å². The Hall–Kier alpha value is -0.960. The summed E-state index contributed by atoms with van der Waals surface area (Å²) in [5.41, 5.74) is 3.56. The van der Waals surface area contributed by atoms with Gasteiger partial charge in [-0.3, -0.25) is 0 Å². The molecule has 0 amide bonds. The lowest BCUT2D eigenvalue weighted by Gasteiger charge is -2.03. The van der Waals surface area contributed by atoms with E-state index in [-0.39, 0.29) is 0 Å². The average molecular weight is 206 g/mol. The minimum atomic E-state index is 0.479. The van der Waals surface area contributed by atoms with E-state index in [0.717, 1.165) is 10.5 Å². The van der Waals surface area contributed by atoms with Crippen LogP contribution in [0.5, 0.6) is 0 Å². The number of aryl methyl sites for hydroxylation is 2. The number of hydrogen-bond donors (Lipinski definition) is 0. The molecule has 0 saturated heterocycles. The van der Waals surface area contributed by atoms with Gasteiger partial charge < -0.3 is 0 Å². The van der Waals surface area contributed by atoms with Gasteiger partial charge in [-0.1, -0.05) is 13.8 Å². The zero-order valence-electron chi connectivity index (χ0n) is 8.96. The van der Waals surface area contributed by atoms with Crippen molar-refractivity contribution in [2.45, 2.75) is 33.6 Å². The number of aromatic nitrogens is 2. The molecule has 0 bridgehead atoms. The van der Waals surface area contributed by atoms with Crippen LogP contribution in [-0.4, -0.2) is 9.36 Å². The Balaban J connectivity index is 2.79. The van der Waals surface area contributed by atoms with Gasteiger partial charge in [0, 0.05) is 11.1 Å². The summed E-state index contributed by atoms with van der Waals surface area (Å²) < 4.78 is 4.48. The summed E-state index contributed by atoms with van der Waals surface area (Å²) >= 11 is 1.51. The first-order valence-corrected chi connectivity index (χ1v) is 5.60. The molecule has 2 rings (SSSR count). The molecule has 0 aliphatic rings. The van der Waals surface area contributed by atoms with E-state index in [1.54, 1.807) is 0 Å². The quantitative estimate of drug-likeness (QED) is 0.714. The molecule has 0 radical (unpaired) electrons. The third kappa shape index (κ3) is 1.42. The van der Waals surface area contributed by atoms with Crippen LogP contribution in [0.15, 0.2) is 6.07 Å². The van der Waals surface area contributed by atoms with Crippen LogP contribution in [0.3, 0.4) is 0 Å². The lowest BCUT2D eigenvalue weighted by atomic mass is 10.0. The third-order valence-electron chi connectivity index (χ3n) is 2.34. The lowest BCUT2D eigenvalue weighted by Crippen LogP contribution is -1.90. The molecule has 0 spiro atoms. The number of fused-ring (bicyclic) bond motifs is 1. The Bertz CT molecular complexity index is 471. The molecular weight excluding hydrogens is 192 g/mol. The number of rotatable bonds is 1. The molecule has 74 valence electrons. The summed E-state index contributed by atoms with van der Waals surface area (Å²) in [5.74, 6) is 0.479. The first-order chi connectivity index (χ1) is 6.59. The third-order valence-corrected chi connectivity index (χ3v) is 3.10. The van der Waals surface area contributed by atoms with E-state index in [4.69, 9.17) is 0 Å². The number of hydrogen-bond acceptors (Lipinski definition) is 3. The molecule has 0 saturated carbocycles. The van der Waals surface area contributed by atoms with Crippen LogP contribution >= 0.6 is 11.5 Å². The van der Waals surface area contributed by atoms with E-state index in [0.29, 0.717) is 5.92 Å². The minimum Gasteiger partial charge on any atom is -0.241 e. The molecular formula is C11H14N2S. The summed E-state index contributed by atoms with van der Waals surface area (Å²) in [6.45, 7) is 8.51. The Kier molecular flexibility index (Phi) is 2.27. The van der Waals surface area contributed by atoms with Crippen molar-refractivity contribution in [2.24, 2.45) is 0 Å². The maximum absolute atomic E-state index is 4.50. The van der Waals surface area contributed by atoms with Crippen molar-refractivity contribution in [3.8, 4) is 0 Å².